The fraction of sp³-hybridized carbons (Fsp3) is 0.625. The highest BCUT2D eigenvalue weighted by Gasteiger charge is 2.31. The molecule has 3 nitrogen and oxygen atoms in total. The van der Waals surface area contributed by atoms with Gasteiger partial charge in [0.15, 0.2) is 0 Å². The van der Waals surface area contributed by atoms with Crippen molar-refractivity contribution in [2.45, 2.75) is 13.3 Å². The largest absolute Gasteiger partial charge is 0.369 e. The molecule has 20 heavy (non-hydrogen) atoms. The summed E-state index contributed by atoms with van der Waals surface area (Å²) in [5, 5.41) is 4.31. The molecule has 0 amide bonds. The van der Waals surface area contributed by atoms with Crippen LogP contribution in [0.2, 0.25) is 5.02 Å². The quantitative estimate of drug-likeness (QED) is 0.924. The number of anilines is 1. The molecule has 2 saturated heterocycles. The van der Waals surface area contributed by atoms with Crippen LogP contribution in [0.1, 0.15) is 13.3 Å². The van der Waals surface area contributed by atoms with Crippen LogP contribution in [0, 0.1) is 5.41 Å². The van der Waals surface area contributed by atoms with Gasteiger partial charge in [0.05, 0.1) is 0 Å². The van der Waals surface area contributed by atoms with Crippen LogP contribution in [-0.2, 0) is 0 Å². The minimum atomic E-state index is 0.475. The average Bonchev–Trinajstić information content (AvgIpc) is 2.87. The fourth-order valence-corrected chi connectivity index (χ4v) is 3.49. The van der Waals surface area contributed by atoms with Gasteiger partial charge in [0.2, 0.25) is 0 Å². The van der Waals surface area contributed by atoms with E-state index < -0.39 is 0 Å². The molecule has 4 heteroatoms. The van der Waals surface area contributed by atoms with E-state index in [9.17, 15) is 0 Å². The maximum absolute atomic E-state index is 5.95. The third-order valence-electron chi connectivity index (χ3n) is 4.63. The molecule has 2 aliphatic heterocycles. The zero-order valence-electron chi connectivity index (χ0n) is 12.2. The van der Waals surface area contributed by atoms with Gasteiger partial charge in [-0.15, -0.1) is 0 Å². The van der Waals surface area contributed by atoms with Gasteiger partial charge in [0, 0.05) is 50.0 Å². The van der Waals surface area contributed by atoms with Crippen LogP contribution in [0.3, 0.4) is 0 Å². The summed E-state index contributed by atoms with van der Waals surface area (Å²) in [6, 6.07) is 8.21. The molecule has 1 N–H and O–H groups in total. The van der Waals surface area contributed by atoms with E-state index in [1.54, 1.807) is 0 Å². The summed E-state index contributed by atoms with van der Waals surface area (Å²) in [7, 11) is 0. The molecule has 1 aromatic carbocycles. The first-order valence-electron chi connectivity index (χ1n) is 7.58. The highest BCUT2D eigenvalue weighted by atomic mass is 35.5. The third kappa shape index (κ3) is 3.27. The topological polar surface area (TPSA) is 18.5 Å². The summed E-state index contributed by atoms with van der Waals surface area (Å²) in [5.41, 5.74) is 1.77. The number of nitrogens with one attached hydrogen (secondary N) is 1. The first kappa shape index (κ1) is 14.2. The van der Waals surface area contributed by atoms with Crippen LogP contribution in [0.15, 0.2) is 24.3 Å². The van der Waals surface area contributed by atoms with E-state index in [1.165, 1.54) is 31.7 Å². The second-order valence-electron chi connectivity index (χ2n) is 6.48. The van der Waals surface area contributed by atoms with E-state index in [4.69, 9.17) is 11.6 Å². The molecule has 0 bridgehead atoms. The average molecular weight is 294 g/mol. The zero-order chi connectivity index (χ0) is 14.0. The lowest BCUT2D eigenvalue weighted by Gasteiger charge is -2.39. The molecule has 0 saturated carbocycles. The van der Waals surface area contributed by atoms with Gasteiger partial charge in [-0.3, -0.25) is 4.90 Å². The van der Waals surface area contributed by atoms with Crippen LogP contribution >= 0.6 is 11.6 Å². The lowest BCUT2D eigenvalue weighted by atomic mass is 9.89. The van der Waals surface area contributed by atoms with Gasteiger partial charge < -0.3 is 10.2 Å². The van der Waals surface area contributed by atoms with Crippen molar-refractivity contribution < 1.29 is 0 Å². The van der Waals surface area contributed by atoms with Crippen molar-refractivity contribution >= 4 is 17.3 Å². The van der Waals surface area contributed by atoms with Crippen molar-refractivity contribution in [1.82, 2.24) is 10.2 Å². The number of rotatable bonds is 3. The highest BCUT2D eigenvalue weighted by Crippen LogP contribution is 2.27. The Morgan fingerprint density at radius 1 is 1.15 bits per heavy atom. The minimum absolute atomic E-state index is 0.475. The molecule has 0 spiro atoms. The summed E-state index contributed by atoms with van der Waals surface area (Å²) in [6.45, 7) is 10.6. The van der Waals surface area contributed by atoms with Gasteiger partial charge >= 0.3 is 0 Å². The van der Waals surface area contributed by atoms with E-state index in [0.29, 0.717) is 5.41 Å². The highest BCUT2D eigenvalue weighted by molar-refractivity contribution is 6.30. The Balaban J connectivity index is 1.53. The van der Waals surface area contributed by atoms with E-state index in [-0.39, 0.29) is 0 Å². The lowest BCUT2D eigenvalue weighted by molar-refractivity contribution is 0.169. The number of nitrogens with zero attached hydrogens (tertiary/aromatic N) is 2. The van der Waals surface area contributed by atoms with Crippen molar-refractivity contribution in [1.29, 1.82) is 0 Å². The lowest BCUT2D eigenvalue weighted by Crippen LogP contribution is -2.49. The predicted octanol–water partition coefficient (Wildman–Crippen LogP) is 2.46. The molecule has 3 rings (SSSR count). The fourth-order valence-electron chi connectivity index (χ4n) is 3.36. The summed E-state index contributed by atoms with van der Waals surface area (Å²) >= 11 is 5.95. The van der Waals surface area contributed by atoms with E-state index in [0.717, 1.165) is 31.2 Å². The van der Waals surface area contributed by atoms with E-state index in [1.807, 2.05) is 12.1 Å². The Hall–Kier alpha value is -0.770. The van der Waals surface area contributed by atoms with Crippen molar-refractivity contribution in [3.63, 3.8) is 0 Å². The van der Waals surface area contributed by atoms with E-state index in [2.05, 4.69) is 34.2 Å². The Labute approximate surface area is 126 Å². The van der Waals surface area contributed by atoms with Crippen LogP contribution in [0.25, 0.3) is 0 Å². The second kappa shape index (κ2) is 5.92. The van der Waals surface area contributed by atoms with Crippen LogP contribution in [0.5, 0.6) is 0 Å². The molecule has 1 unspecified atom stereocenters. The van der Waals surface area contributed by atoms with Crippen molar-refractivity contribution in [2.75, 3.05) is 50.7 Å². The Bertz CT molecular complexity index is 432. The zero-order valence-corrected chi connectivity index (χ0v) is 13.0. The molecule has 0 aliphatic carbocycles. The van der Waals surface area contributed by atoms with Gasteiger partial charge in [-0.2, -0.15) is 0 Å². The standard InChI is InChI=1S/C16H24ClN3/c1-16(6-7-18-12-16)13-19-8-10-20(11-9-19)15-4-2-14(17)3-5-15/h2-5,18H,6-13H2,1H3. The second-order valence-corrected chi connectivity index (χ2v) is 6.91. The molecule has 2 heterocycles. The Morgan fingerprint density at radius 2 is 1.85 bits per heavy atom. The number of piperazine rings is 1. The Kier molecular flexibility index (Phi) is 4.20. The number of hydrogen-bond donors (Lipinski definition) is 1. The van der Waals surface area contributed by atoms with Gasteiger partial charge in [-0.05, 0) is 42.6 Å². The first-order valence-corrected chi connectivity index (χ1v) is 7.96. The smallest absolute Gasteiger partial charge is 0.0407 e. The van der Waals surface area contributed by atoms with Crippen LogP contribution < -0.4 is 10.2 Å². The van der Waals surface area contributed by atoms with Crippen molar-refractivity contribution in [3.8, 4) is 0 Å². The number of halogens is 1. The first-order chi connectivity index (χ1) is 9.65. The maximum atomic E-state index is 5.95. The summed E-state index contributed by atoms with van der Waals surface area (Å²) in [6.07, 6.45) is 1.31. The van der Waals surface area contributed by atoms with Crippen LogP contribution in [-0.4, -0.2) is 50.7 Å². The molecule has 110 valence electrons. The minimum Gasteiger partial charge on any atom is -0.369 e. The molecule has 1 aromatic rings. The monoisotopic (exact) mass is 293 g/mol. The maximum Gasteiger partial charge on any atom is 0.0407 e. The van der Waals surface area contributed by atoms with Gasteiger partial charge in [0.1, 0.15) is 0 Å². The normalized spacial score (nSPS) is 28.0. The summed E-state index contributed by atoms with van der Waals surface area (Å²) < 4.78 is 0. The molecule has 2 fully saturated rings. The number of hydrogen-bond acceptors (Lipinski definition) is 3. The molecular formula is C16H24ClN3. The molecular weight excluding hydrogens is 270 g/mol. The summed E-state index contributed by atoms with van der Waals surface area (Å²) in [5.74, 6) is 0. The third-order valence-corrected chi connectivity index (χ3v) is 4.88. The van der Waals surface area contributed by atoms with Gasteiger partial charge in [-0.1, -0.05) is 18.5 Å². The molecule has 1 atom stereocenters. The van der Waals surface area contributed by atoms with Crippen molar-refractivity contribution in [2.24, 2.45) is 5.41 Å². The molecule has 0 radical (unpaired) electrons. The molecule has 0 aromatic heterocycles. The van der Waals surface area contributed by atoms with E-state index >= 15 is 0 Å². The SMILES string of the molecule is CC1(CN2CCN(c3ccc(Cl)cc3)CC2)CCNC1. The van der Waals surface area contributed by atoms with Gasteiger partial charge in [0.25, 0.3) is 0 Å². The van der Waals surface area contributed by atoms with Crippen LogP contribution in [0.4, 0.5) is 5.69 Å². The summed E-state index contributed by atoms with van der Waals surface area (Å²) in [4.78, 5) is 5.08. The Morgan fingerprint density at radius 3 is 2.45 bits per heavy atom. The van der Waals surface area contributed by atoms with Crippen molar-refractivity contribution in [3.05, 3.63) is 29.3 Å². The van der Waals surface area contributed by atoms with Gasteiger partial charge in [-0.25, -0.2) is 0 Å². The molecule has 2 aliphatic rings. The predicted molar refractivity (Wildman–Crippen MR) is 85.7 cm³/mol. The number of benzene rings is 1.